The number of anilines is 1. The van der Waals surface area contributed by atoms with E-state index < -0.39 is 0 Å². The van der Waals surface area contributed by atoms with Gasteiger partial charge in [-0.3, -0.25) is 4.79 Å². The Labute approximate surface area is 148 Å². The van der Waals surface area contributed by atoms with E-state index in [9.17, 15) is 4.79 Å². The standard InChI is InChI=1S/C19H24N4O2/c1-21(2)18-17(6-3-10-20-18)25-15-9-12-22(13-15)19(24)16-5-4-11-23(16)14-7-8-14/h3-6,10-11,14-15H,7-9,12-13H2,1-2H3. The molecule has 0 spiro atoms. The van der Waals surface area contributed by atoms with Gasteiger partial charge in [0.25, 0.3) is 5.91 Å². The molecular weight excluding hydrogens is 316 g/mol. The number of aromatic nitrogens is 2. The fourth-order valence-electron chi connectivity index (χ4n) is 3.41. The molecule has 2 fully saturated rings. The molecule has 0 aromatic carbocycles. The summed E-state index contributed by atoms with van der Waals surface area (Å²) in [5.74, 6) is 1.70. The Bertz CT molecular complexity index is 766. The van der Waals surface area contributed by atoms with Crippen molar-refractivity contribution in [3.05, 3.63) is 42.4 Å². The number of amides is 1. The van der Waals surface area contributed by atoms with Crippen LogP contribution >= 0.6 is 0 Å². The maximum Gasteiger partial charge on any atom is 0.270 e. The molecule has 0 bridgehead atoms. The first kappa shape index (κ1) is 16.0. The number of pyridine rings is 1. The second-order valence-corrected chi connectivity index (χ2v) is 7.03. The summed E-state index contributed by atoms with van der Waals surface area (Å²) < 4.78 is 8.28. The molecule has 4 rings (SSSR count). The van der Waals surface area contributed by atoms with Crippen LogP contribution in [0.3, 0.4) is 0 Å². The van der Waals surface area contributed by atoms with Gasteiger partial charge in [-0.05, 0) is 37.1 Å². The highest BCUT2D eigenvalue weighted by Crippen LogP contribution is 2.36. The van der Waals surface area contributed by atoms with E-state index in [2.05, 4.69) is 9.55 Å². The Morgan fingerprint density at radius 2 is 2.08 bits per heavy atom. The molecule has 1 aliphatic heterocycles. The Kier molecular flexibility index (Phi) is 4.11. The van der Waals surface area contributed by atoms with Crippen LogP contribution in [0.2, 0.25) is 0 Å². The van der Waals surface area contributed by atoms with Gasteiger partial charge in [-0.2, -0.15) is 0 Å². The van der Waals surface area contributed by atoms with Crippen molar-refractivity contribution in [3.8, 4) is 5.75 Å². The van der Waals surface area contributed by atoms with Gasteiger partial charge in [-0.1, -0.05) is 0 Å². The summed E-state index contributed by atoms with van der Waals surface area (Å²) in [6.45, 7) is 1.35. The predicted molar refractivity (Wildman–Crippen MR) is 96.2 cm³/mol. The minimum Gasteiger partial charge on any atom is -0.485 e. The molecule has 3 heterocycles. The topological polar surface area (TPSA) is 50.6 Å². The minimum absolute atomic E-state index is 0.0104. The summed E-state index contributed by atoms with van der Waals surface area (Å²) >= 11 is 0. The van der Waals surface area contributed by atoms with Gasteiger partial charge in [0, 0.05) is 45.5 Å². The summed E-state index contributed by atoms with van der Waals surface area (Å²) in [5.41, 5.74) is 0.804. The SMILES string of the molecule is CN(C)c1ncccc1OC1CCN(C(=O)c2cccn2C2CC2)C1. The van der Waals surface area contributed by atoms with Gasteiger partial charge in [-0.15, -0.1) is 0 Å². The summed E-state index contributed by atoms with van der Waals surface area (Å²) in [7, 11) is 3.90. The Morgan fingerprint density at radius 3 is 2.84 bits per heavy atom. The lowest BCUT2D eigenvalue weighted by atomic mass is 10.3. The van der Waals surface area contributed by atoms with E-state index in [1.807, 2.05) is 54.4 Å². The highest BCUT2D eigenvalue weighted by atomic mass is 16.5. The molecular formula is C19H24N4O2. The van der Waals surface area contributed by atoms with Gasteiger partial charge in [-0.25, -0.2) is 4.98 Å². The van der Waals surface area contributed by atoms with Crippen molar-refractivity contribution in [2.24, 2.45) is 0 Å². The first-order valence-corrected chi connectivity index (χ1v) is 8.88. The van der Waals surface area contributed by atoms with E-state index in [0.29, 0.717) is 12.6 Å². The summed E-state index contributed by atoms with van der Waals surface area (Å²) in [5, 5.41) is 0. The van der Waals surface area contributed by atoms with Gasteiger partial charge < -0.3 is 19.1 Å². The molecule has 2 aliphatic rings. The molecule has 1 amide bonds. The molecule has 2 aromatic heterocycles. The molecule has 1 saturated carbocycles. The molecule has 1 unspecified atom stereocenters. The highest BCUT2D eigenvalue weighted by Gasteiger charge is 2.32. The Balaban J connectivity index is 1.43. The third-order valence-corrected chi connectivity index (χ3v) is 4.84. The average molecular weight is 340 g/mol. The average Bonchev–Trinajstić information content (AvgIpc) is 3.15. The maximum absolute atomic E-state index is 12.9. The third-order valence-electron chi connectivity index (χ3n) is 4.84. The Morgan fingerprint density at radius 1 is 1.24 bits per heavy atom. The fourth-order valence-corrected chi connectivity index (χ4v) is 3.41. The number of rotatable bonds is 5. The molecule has 6 nitrogen and oxygen atoms in total. The Hall–Kier alpha value is -2.50. The smallest absolute Gasteiger partial charge is 0.270 e. The number of carbonyl (C=O) groups is 1. The zero-order valence-corrected chi connectivity index (χ0v) is 14.8. The van der Waals surface area contributed by atoms with Crippen LogP contribution in [-0.2, 0) is 0 Å². The lowest BCUT2D eigenvalue weighted by Gasteiger charge is -2.20. The zero-order chi connectivity index (χ0) is 17.4. The number of ether oxygens (including phenoxy) is 1. The van der Waals surface area contributed by atoms with Crippen molar-refractivity contribution in [2.45, 2.75) is 31.4 Å². The molecule has 25 heavy (non-hydrogen) atoms. The monoisotopic (exact) mass is 340 g/mol. The van der Waals surface area contributed by atoms with Crippen LogP contribution in [0, 0.1) is 0 Å². The van der Waals surface area contributed by atoms with Crippen molar-refractivity contribution >= 4 is 11.7 Å². The van der Waals surface area contributed by atoms with Crippen LogP contribution in [0.25, 0.3) is 0 Å². The largest absolute Gasteiger partial charge is 0.485 e. The van der Waals surface area contributed by atoms with E-state index in [0.717, 1.165) is 30.2 Å². The van der Waals surface area contributed by atoms with Gasteiger partial charge >= 0.3 is 0 Å². The maximum atomic E-state index is 12.9. The fraction of sp³-hybridized carbons (Fsp3) is 0.474. The summed E-state index contributed by atoms with van der Waals surface area (Å²) in [6.07, 6.45) is 6.99. The molecule has 132 valence electrons. The predicted octanol–water partition coefficient (Wildman–Crippen LogP) is 2.58. The zero-order valence-electron chi connectivity index (χ0n) is 14.8. The van der Waals surface area contributed by atoms with E-state index in [1.165, 1.54) is 12.8 Å². The van der Waals surface area contributed by atoms with Crippen LogP contribution in [0.4, 0.5) is 5.82 Å². The lowest BCUT2D eigenvalue weighted by molar-refractivity contribution is 0.0761. The summed E-state index contributed by atoms with van der Waals surface area (Å²) in [6, 6.07) is 8.23. The first-order chi connectivity index (χ1) is 12.1. The van der Waals surface area contributed by atoms with E-state index in [4.69, 9.17) is 4.74 Å². The number of nitrogens with zero attached hydrogens (tertiary/aromatic N) is 4. The lowest BCUT2D eigenvalue weighted by Crippen LogP contribution is -2.32. The van der Waals surface area contributed by atoms with Crippen molar-refractivity contribution in [1.29, 1.82) is 0 Å². The second-order valence-electron chi connectivity index (χ2n) is 7.03. The molecule has 0 N–H and O–H groups in total. The van der Waals surface area contributed by atoms with Gasteiger partial charge in [0.1, 0.15) is 11.8 Å². The van der Waals surface area contributed by atoms with Crippen LogP contribution in [0.5, 0.6) is 5.75 Å². The number of hydrogen-bond donors (Lipinski definition) is 0. The quantitative estimate of drug-likeness (QED) is 0.839. The van der Waals surface area contributed by atoms with Gasteiger partial charge in [0.05, 0.1) is 6.54 Å². The van der Waals surface area contributed by atoms with E-state index in [1.54, 1.807) is 6.20 Å². The normalized spacial score (nSPS) is 19.9. The minimum atomic E-state index is 0.0104. The number of likely N-dealkylation sites (tertiary alicyclic amines) is 1. The molecule has 2 aromatic rings. The number of carbonyl (C=O) groups excluding carboxylic acids is 1. The first-order valence-electron chi connectivity index (χ1n) is 8.88. The van der Waals surface area contributed by atoms with Crippen LogP contribution < -0.4 is 9.64 Å². The summed E-state index contributed by atoms with van der Waals surface area (Å²) in [4.78, 5) is 21.1. The molecule has 6 heteroatoms. The van der Waals surface area contributed by atoms with Crippen LogP contribution in [0.15, 0.2) is 36.7 Å². The van der Waals surface area contributed by atoms with Crippen LogP contribution in [0.1, 0.15) is 35.8 Å². The van der Waals surface area contributed by atoms with E-state index in [-0.39, 0.29) is 12.0 Å². The third kappa shape index (κ3) is 3.21. The van der Waals surface area contributed by atoms with Crippen molar-refractivity contribution in [2.75, 3.05) is 32.1 Å². The molecule has 1 saturated heterocycles. The van der Waals surface area contributed by atoms with Crippen molar-refractivity contribution in [1.82, 2.24) is 14.5 Å². The van der Waals surface area contributed by atoms with Crippen LogP contribution in [-0.4, -0.2) is 53.6 Å². The van der Waals surface area contributed by atoms with Gasteiger partial charge in [0.15, 0.2) is 11.6 Å². The van der Waals surface area contributed by atoms with Gasteiger partial charge in [0.2, 0.25) is 0 Å². The molecule has 1 atom stereocenters. The number of hydrogen-bond acceptors (Lipinski definition) is 4. The molecule has 1 aliphatic carbocycles. The molecule has 0 radical (unpaired) electrons. The second kappa shape index (κ2) is 6.43. The van der Waals surface area contributed by atoms with Crippen molar-refractivity contribution < 1.29 is 9.53 Å². The van der Waals surface area contributed by atoms with Crippen molar-refractivity contribution in [3.63, 3.8) is 0 Å². The highest BCUT2D eigenvalue weighted by molar-refractivity contribution is 5.93. The van der Waals surface area contributed by atoms with E-state index >= 15 is 0 Å².